The van der Waals surface area contributed by atoms with Crippen molar-refractivity contribution in [3.8, 4) is 0 Å². The van der Waals surface area contributed by atoms with Crippen molar-refractivity contribution in [3.63, 3.8) is 0 Å². The second-order valence-corrected chi connectivity index (χ2v) is 8.55. The molecule has 0 aliphatic carbocycles. The summed E-state index contributed by atoms with van der Waals surface area (Å²) >= 11 is 0.928. The number of carboxylic acid groups (broad SMARTS) is 1. The lowest BCUT2D eigenvalue weighted by molar-refractivity contribution is -0.151. The number of benzene rings is 1. The minimum absolute atomic E-state index is 0.0524. The van der Waals surface area contributed by atoms with E-state index in [1.807, 2.05) is 30.3 Å². The van der Waals surface area contributed by atoms with E-state index < -0.39 is 41.3 Å². The highest BCUT2D eigenvalue weighted by atomic mass is 32.2. The molecular weight excluding hydrogens is 396 g/mol. The Labute approximate surface area is 173 Å². The smallest absolute Gasteiger partial charge is 0.328 e. The Hall–Kier alpha value is -2.39. The normalized spacial score (nSPS) is 25.1. The molecule has 0 radical (unpaired) electrons. The molecule has 2 heterocycles. The Bertz CT molecular complexity index is 786. The molecule has 2 N–H and O–H groups in total. The molecule has 29 heavy (non-hydrogen) atoms. The summed E-state index contributed by atoms with van der Waals surface area (Å²) < 4.78 is 5.48. The van der Waals surface area contributed by atoms with E-state index in [1.54, 1.807) is 0 Å². The zero-order chi connectivity index (χ0) is 21.0. The maximum absolute atomic E-state index is 13.0. The second kappa shape index (κ2) is 9.41. The highest BCUT2D eigenvalue weighted by molar-refractivity contribution is 8.14. The fourth-order valence-corrected chi connectivity index (χ4v) is 4.54. The van der Waals surface area contributed by atoms with Crippen molar-refractivity contribution in [2.75, 3.05) is 6.61 Å². The van der Waals surface area contributed by atoms with Gasteiger partial charge in [0.2, 0.25) is 11.8 Å². The van der Waals surface area contributed by atoms with Gasteiger partial charge < -0.3 is 15.2 Å². The minimum atomic E-state index is -1.12. The van der Waals surface area contributed by atoms with Gasteiger partial charge in [0.15, 0.2) is 11.2 Å². The predicted octanol–water partition coefficient (Wildman–Crippen LogP) is 1.18. The molecule has 0 aromatic heterocycles. The van der Waals surface area contributed by atoms with E-state index in [2.05, 4.69) is 5.32 Å². The van der Waals surface area contributed by atoms with E-state index >= 15 is 0 Å². The Morgan fingerprint density at radius 3 is 2.66 bits per heavy atom. The highest BCUT2D eigenvalue weighted by Crippen LogP contribution is 2.27. The summed E-state index contributed by atoms with van der Waals surface area (Å²) in [7, 11) is 0. The number of thioether (sulfide) groups is 1. The van der Waals surface area contributed by atoms with Crippen molar-refractivity contribution in [3.05, 3.63) is 35.9 Å². The van der Waals surface area contributed by atoms with Crippen LogP contribution in [-0.4, -0.2) is 63.1 Å². The van der Waals surface area contributed by atoms with Crippen LogP contribution in [0.25, 0.3) is 0 Å². The minimum Gasteiger partial charge on any atom is -0.480 e. The largest absolute Gasteiger partial charge is 0.480 e. The van der Waals surface area contributed by atoms with Gasteiger partial charge in [-0.05, 0) is 31.2 Å². The van der Waals surface area contributed by atoms with Gasteiger partial charge >= 0.3 is 5.97 Å². The number of aliphatic carboxylic acids is 1. The van der Waals surface area contributed by atoms with E-state index in [0.717, 1.165) is 17.3 Å². The number of ether oxygens (including phenoxy) is 1. The molecule has 4 atom stereocenters. The molecule has 1 aromatic rings. The monoisotopic (exact) mass is 420 g/mol. The van der Waals surface area contributed by atoms with Crippen LogP contribution in [-0.2, 0) is 30.3 Å². The summed E-state index contributed by atoms with van der Waals surface area (Å²) in [6.45, 7) is 1.35. The second-order valence-electron chi connectivity index (χ2n) is 7.17. The van der Waals surface area contributed by atoms with E-state index in [4.69, 9.17) is 4.74 Å². The van der Waals surface area contributed by atoms with Gasteiger partial charge in [-0.3, -0.25) is 19.3 Å². The van der Waals surface area contributed by atoms with Crippen LogP contribution in [0.2, 0.25) is 0 Å². The highest BCUT2D eigenvalue weighted by Gasteiger charge is 2.46. The van der Waals surface area contributed by atoms with Gasteiger partial charge in [0, 0.05) is 6.92 Å². The van der Waals surface area contributed by atoms with E-state index in [0.29, 0.717) is 25.7 Å². The zero-order valence-electron chi connectivity index (χ0n) is 16.1. The van der Waals surface area contributed by atoms with Crippen LogP contribution in [0.3, 0.4) is 0 Å². The maximum atomic E-state index is 13.0. The molecule has 0 saturated carbocycles. The van der Waals surface area contributed by atoms with Crippen LogP contribution in [0.4, 0.5) is 0 Å². The first-order valence-electron chi connectivity index (χ1n) is 9.55. The van der Waals surface area contributed by atoms with Crippen LogP contribution in [0, 0.1) is 0 Å². The third-order valence-corrected chi connectivity index (χ3v) is 6.05. The number of carbonyl (C=O) groups excluding carboxylic acids is 3. The van der Waals surface area contributed by atoms with Crippen molar-refractivity contribution in [2.45, 2.75) is 56.2 Å². The van der Waals surface area contributed by atoms with Gasteiger partial charge in [0.05, 0.1) is 11.9 Å². The number of carboxylic acids is 1. The summed E-state index contributed by atoms with van der Waals surface area (Å²) in [6, 6.07) is 7.46. The SMILES string of the molecule is CC(=O)S[C@@H](Cc1ccccc1)C(=O)N[C@@H]1CCC[C@H]2OC[C@H](C(=O)O)N2C1=O. The number of hydrogen-bond donors (Lipinski definition) is 2. The molecule has 2 saturated heterocycles. The van der Waals surface area contributed by atoms with Gasteiger partial charge in [0.1, 0.15) is 12.3 Å². The maximum Gasteiger partial charge on any atom is 0.328 e. The number of fused-ring (bicyclic) bond motifs is 1. The van der Waals surface area contributed by atoms with E-state index in [9.17, 15) is 24.3 Å². The number of hydrogen-bond acceptors (Lipinski definition) is 6. The fraction of sp³-hybridized carbons (Fsp3) is 0.500. The Balaban J connectivity index is 1.73. The lowest BCUT2D eigenvalue weighted by atomic mass is 10.1. The van der Waals surface area contributed by atoms with Crippen LogP contribution in [0.1, 0.15) is 31.7 Å². The summed E-state index contributed by atoms with van der Waals surface area (Å²) in [4.78, 5) is 50.3. The van der Waals surface area contributed by atoms with Gasteiger partial charge in [-0.2, -0.15) is 0 Å². The van der Waals surface area contributed by atoms with Crippen molar-refractivity contribution >= 4 is 34.7 Å². The fourth-order valence-electron chi connectivity index (χ4n) is 3.69. The van der Waals surface area contributed by atoms with Gasteiger partial charge in [-0.15, -0.1) is 0 Å². The summed E-state index contributed by atoms with van der Waals surface area (Å²) in [5.41, 5.74) is 0.910. The average Bonchev–Trinajstić information content (AvgIpc) is 3.04. The Kier molecular flexibility index (Phi) is 6.92. The Morgan fingerprint density at radius 1 is 1.28 bits per heavy atom. The van der Waals surface area contributed by atoms with Crippen LogP contribution < -0.4 is 5.32 Å². The third kappa shape index (κ3) is 5.16. The molecule has 9 heteroatoms. The molecule has 3 rings (SSSR count). The van der Waals surface area contributed by atoms with Crippen LogP contribution in [0.5, 0.6) is 0 Å². The molecule has 0 unspecified atom stereocenters. The summed E-state index contributed by atoms with van der Waals surface area (Å²) in [5.74, 6) is -1.98. The molecule has 2 aliphatic rings. The van der Waals surface area contributed by atoms with Gasteiger partial charge in [-0.25, -0.2) is 4.79 Å². The number of amides is 2. The first kappa shape index (κ1) is 21.3. The first-order valence-corrected chi connectivity index (χ1v) is 10.4. The van der Waals surface area contributed by atoms with Crippen molar-refractivity contribution in [1.29, 1.82) is 0 Å². The number of carbonyl (C=O) groups is 4. The Morgan fingerprint density at radius 2 is 2.00 bits per heavy atom. The molecule has 2 aliphatic heterocycles. The quantitative estimate of drug-likeness (QED) is 0.711. The molecule has 0 bridgehead atoms. The predicted molar refractivity (Wildman–Crippen MR) is 106 cm³/mol. The molecule has 156 valence electrons. The molecule has 8 nitrogen and oxygen atoms in total. The lowest BCUT2D eigenvalue weighted by Crippen LogP contribution is -2.54. The van der Waals surface area contributed by atoms with Gasteiger partial charge in [0.25, 0.3) is 0 Å². The topological polar surface area (TPSA) is 113 Å². The van der Waals surface area contributed by atoms with Crippen molar-refractivity contribution < 1.29 is 29.0 Å². The molecule has 1 aromatic carbocycles. The summed E-state index contributed by atoms with van der Waals surface area (Å²) in [6.07, 6.45) is 1.32. The summed E-state index contributed by atoms with van der Waals surface area (Å²) in [5, 5.41) is 11.3. The zero-order valence-corrected chi connectivity index (χ0v) is 16.9. The average molecular weight is 420 g/mol. The first-order chi connectivity index (χ1) is 13.9. The van der Waals surface area contributed by atoms with Crippen molar-refractivity contribution in [2.24, 2.45) is 0 Å². The van der Waals surface area contributed by atoms with Crippen molar-refractivity contribution in [1.82, 2.24) is 10.2 Å². The lowest BCUT2D eigenvalue weighted by Gasteiger charge is -2.28. The van der Waals surface area contributed by atoms with Gasteiger partial charge in [-0.1, -0.05) is 42.1 Å². The molecule has 2 fully saturated rings. The molecule has 2 amide bonds. The van der Waals surface area contributed by atoms with E-state index in [-0.39, 0.29) is 11.7 Å². The number of rotatable bonds is 6. The number of nitrogens with one attached hydrogen (secondary N) is 1. The van der Waals surface area contributed by atoms with Crippen LogP contribution >= 0.6 is 11.8 Å². The van der Waals surface area contributed by atoms with Crippen LogP contribution in [0.15, 0.2) is 30.3 Å². The number of nitrogens with zero attached hydrogens (tertiary/aromatic N) is 1. The standard InChI is InChI=1S/C20H24N2O6S/c1-12(23)29-16(10-13-6-3-2-4-7-13)18(24)21-14-8-5-9-17-22(19(14)25)15(11-28-17)20(26)27/h2-4,6-7,14-17H,5,8-11H2,1H3,(H,21,24)(H,26,27)/t14-,15-,16+,17-/m1/s1. The molecule has 0 spiro atoms. The molecular formula is C20H24N2O6S. The third-order valence-electron chi connectivity index (χ3n) is 5.06. The van der Waals surface area contributed by atoms with E-state index in [1.165, 1.54) is 11.8 Å².